The Morgan fingerprint density at radius 2 is 1.53 bits per heavy atom. The first-order chi connectivity index (χ1) is 7.33. The molecule has 0 radical (unpaired) electrons. The average Bonchev–Trinajstić information content (AvgIpc) is 1.97. The molecule has 0 amide bonds. The number of hydrogen-bond acceptors (Lipinski definition) is 3. The Bertz CT molecular complexity index is 267. The molecule has 1 N–H and O–H groups in total. The Kier molecular flexibility index (Phi) is 5.01. The molecule has 102 valence electrons. The lowest BCUT2D eigenvalue weighted by atomic mass is 9.93. The van der Waals surface area contributed by atoms with Crippen molar-refractivity contribution >= 4 is 5.97 Å². The minimum absolute atomic E-state index is 0.0819. The number of alkyl halides is 3. The van der Waals surface area contributed by atoms with E-state index in [-0.39, 0.29) is 6.54 Å². The van der Waals surface area contributed by atoms with E-state index in [0.717, 1.165) is 0 Å². The minimum Gasteiger partial charge on any atom is -0.460 e. The van der Waals surface area contributed by atoms with Crippen molar-refractivity contribution in [3.63, 3.8) is 0 Å². The van der Waals surface area contributed by atoms with Crippen LogP contribution in [0.5, 0.6) is 0 Å². The van der Waals surface area contributed by atoms with Crippen molar-refractivity contribution in [3.8, 4) is 0 Å². The standard InChI is InChI=1S/C11H20F3NO2/c1-9(2,3)17-8(16)10(4,5)6-15-7-11(12,13)14/h15H,6-7H2,1-5H3. The van der Waals surface area contributed by atoms with Crippen LogP contribution in [0.25, 0.3) is 0 Å². The molecule has 0 aromatic rings. The fourth-order valence-corrected chi connectivity index (χ4v) is 1.01. The van der Waals surface area contributed by atoms with Gasteiger partial charge in [-0.25, -0.2) is 0 Å². The zero-order valence-electron chi connectivity index (χ0n) is 10.9. The van der Waals surface area contributed by atoms with Gasteiger partial charge in [0.15, 0.2) is 0 Å². The van der Waals surface area contributed by atoms with Crippen LogP contribution in [0.2, 0.25) is 0 Å². The summed E-state index contributed by atoms with van der Waals surface area (Å²) in [7, 11) is 0. The number of rotatable bonds is 4. The number of carbonyl (C=O) groups excluding carboxylic acids is 1. The van der Waals surface area contributed by atoms with Crippen LogP contribution in [0.15, 0.2) is 0 Å². The van der Waals surface area contributed by atoms with E-state index in [1.807, 2.05) is 0 Å². The van der Waals surface area contributed by atoms with E-state index >= 15 is 0 Å². The molecule has 0 bridgehead atoms. The Morgan fingerprint density at radius 3 is 1.88 bits per heavy atom. The van der Waals surface area contributed by atoms with Gasteiger partial charge in [0, 0.05) is 6.54 Å². The predicted octanol–water partition coefficient (Wildman–Crippen LogP) is 2.51. The van der Waals surface area contributed by atoms with Gasteiger partial charge >= 0.3 is 12.1 Å². The maximum Gasteiger partial charge on any atom is 0.401 e. The van der Waals surface area contributed by atoms with Crippen molar-refractivity contribution in [1.29, 1.82) is 0 Å². The van der Waals surface area contributed by atoms with Gasteiger partial charge in [-0.15, -0.1) is 0 Å². The number of nitrogens with one attached hydrogen (secondary N) is 1. The third-order valence-electron chi connectivity index (χ3n) is 1.84. The van der Waals surface area contributed by atoms with Crippen molar-refractivity contribution < 1.29 is 22.7 Å². The van der Waals surface area contributed by atoms with Crippen LogP contribution in [-0.4, -0.2) is 30.8 Å². The van der Waals surface area contributed by atoms with Crippen molar-refractivity contribution in [1.82, 2.24) is 5.32 Å². The second-order valence-corrected chi connectivity index (χ2v) is 5.60. The molecule has 0 aliphatic heterocycles. The zero-order valence-corrected chi connectivity index (χ0v) is 10.9. The summed E-state index contributed by atoms with van der Waals surface area (Å²) in [6.45, 7) is 7.04. The lowest BCUT2D eigenvalue weighted by molar-refractivity contribution is -0.166. The summed E-state index contributed by atoms with van der Waals surface area (Å²) in [5.74, 6) is -0.514. The highest BCUT2D eigenvalue weighted by molar-refractivity contribution is 5.76. The van der Waals surface area contributed by atoms with Crippen LogP contribution >= 0.6 is 0 Å². The Hall–Kier alpha value is -0.780. The van der Waals surface area contributed by atoms with Crippen LogP contribution in [0, 0.1) is 5.41 Å². The molecule has 0 spiro atoms. The average molecular weight is 255 g/mol. The van der Waals surface area contributed by atoms with Crippen LogP contribution in [0.1, 0.15) is 34.6 Å². The van der Waals surface area contributed by atoms with Crippen molar-refractivity contribution in [2.24, 2.45) is 5.41 Å². The molecular weight excluding hydrogens is 235 g/mol. The molecular formula is C11H20F3NO2. The fourth-order valence-electron chi connectivity index (χ4n) is 1.01. The largest absolute Gasteiger partial charge is 0.460 e. The van der Waals surface area contributed by atoms with Gasteiger partial charge in [0.1, 0.15) is 5.60 Å². The molecule has 0 aliphatic carbocycles. The Balaban J connectivity index is 4.24. The van der Waals surface area contributed by atoms with Gasteiger partial charge in [0.05, 0.1) is 12.0 Å². The van der Waals surface area contributed by atoms with Crippen molar-refractivity contribution in [2.75, 3.05) is 13.1 Å². The minimum atomic E-state index is -4.27. The van der Waals surface area contributed by atoms with Crippen molar-refractivity contribution in [3.05, 3.63) is 0 Å². The smallest absolute Gasteiger partial charge is 0.401 e. The monoisotopic (exact) mass is 255 g/mol. The Labute approximate surface area is 99.7 Å². The summed E-state index contributed by atoms with van der Waals surface area (Å²) in [6.07, 6.45) is -4.27. The van der Waals surface area contributed by atoms with E-state index in [4.69, 9.17) is 4.74 Å². The van der Waals surface area contributed by atoms with Gasteiger partial charge in [0.2, 0.25) is 0 Å². The molecule has 0 aromatic carbocycles. The normalized spacial score (nSPS) is 13.6. The molecule has 0 aromatic heterocycles. The highest BCUT2D eigenvalue weighted by Gasteiger charge is 2.34. The second kappa shape index (κ2) is 5.25. The van der Waals surface area contributed by atoms with Crippen LogP contribution in [-0.2, 0) is 9.53 Å². The van der Waals surface area contributed by atoms with Gasteiger partial charge in [0.25, 0.3) is 0 Å². The number of esters is 1. The molecule has 0 atom stereocenters. The van der Waals surface area contributed by atoms with E-state index in [1.165, 1.54) is 0 Å². The van der Waals surface area contributed by atoms with Gasteiger partial charge in [-0.3, -0.25) is 4.79 Å². The van der Waals surface area contributed by atoms with E-state index in [1.54, 1.807) is 34.6 Å². The summed E-state index contributed by atoms with van der Waals surface area (Å²) < 4.78 is 40.9. The van der Waals surface area contributed by atoms with Crippen LogP contribution in [0.4, 0.5) is 13.2 Å². The van der Waals surface area contributed by atoms with E-state index in [9.17, 15) is 18.0 Å². The highest BCUT2D eigenvalue weighted by Crippen LogP contribution is 2.21. The predicted molar refractivity (Wildman–Crippen MR) is 58.6 cm³/mol. The topological polar surface area (TPSA) is 38.3 Å². The summed E-state index contributed by atoms with van der Waals surface area (Å²) in [5, 5.41) is 2.21. The molecule has 6 heteroatoms. The second-order valence-electron chi connectivity index (χ2n) is 5.60. The summed E-state index contributed by atoms with van der Waals surface area (Å²) in [4.78, 5) is 11.7. The maximum absolute atomic E-state index is 11.9. The first-order valence-electron chi connectivity index (χ1n) is 5.34. The molecule has 0 fully saturated rings. The van der Waals surface area contributed by atoms with Gasteiger partial charge in [-0.1, -0.05) is 0 Å². The molecule has 0 rings (SSSR count). The zero-order chi connectivity index (χ0) is 13.9. The maximum atomic E-state index is 11.9. The first-order valence-corrected chi connectivity index (χ1v) is 5.34. The molecule has 3 nitrogen and oxygen atoms in total. The van der Waals surface area contributed by atoms with Gasteiger partial charge in [-0.05, 0) is 34.6 Å². The van der Waals surface area contributed by atoms with E-state index in [0.29, 0.717) is 0 Å². The quantitative estimate of drug-likeness (QED) is 0.784. The first kappa shape index (κ1) is 16.2. The SMILES string of the molecule is CC(C)(C)OC(=O)C(C)(C)CNCC(F)(F)F. The number of hydrogen-bond donors (Lipinski definition) is 1. The third kappa shape index (κ3) is 8.01. The summed E-state index contributed by atoms with van der Waals surface area (Å²) in [6, 6.07) is 0. The van der Waals surface area contributed by atoms with Crippen molar-refractivity contribution in [2.45, 2.75) is 46.4 Å². The number of carbonyl (C=O) groups is 1. The molecule has 17 heavy (non-hydrogen) atoms. The number of halogens is 3. The molecule has 0 saturated heterocycles. The van der Waals surface area contributed by atoms with E-state index in [2.05, 4.69) is 5.32 Å². The van der Waals surface area contributed by atoms with Gasteiger partial charge in [-0.2, -0.15) is 13.2 Å². The highest BCUT2D eigenvalue weighted by atomic mass is 19.4. The lowest BCUT2D eigenvalue weighted by Crippen LogP contribution is -2.43. The van der Waals surface area contributed by atoms with E-state index < -0.39 is 29.7 Å². The molecule has 0 heterocycles. The molecule has 0 unspecified atom stereocenters. The lowest BCUT2D eigenvalue weighted by Gasteiger charge is -2.28. The fraction of sp³-hybridized carbons (Fsp3) is 0.909. The summed E-state index contributed by atoms with van der Waals surface area (Å²) in [5.41, 5.74) is -1.63. The summed E-state index contributed by atoms with van der Waals surface area (Å²) >= 11 is 0. The van der Waals surface area contributed by atoms with Crippen LogP contribution < -0.4 is 5.32 Å². The third-order valence-corrected chi connectivity index (χ3v) is 1.84. The van der Waals surface area contributed by atoms with Gasteiger partial charge < -0.3 is 10.1 Å². The van der Waals surface area contributed by atoms with Crippen LogP contribution in [0.3, 0.4) is 0 Å². The molecule has 0 aliphatic rings. The Morgan fingerprint density at radius 1 is 1.06 bits per heavy atom. The number of ether oxygens (including phenoxy) is 1. The molecule has 0 saturated carbocycles.